The SMILES string of the molecule is Nc1nc(NC2CCN(S(=O)(=O)CCCN3CCc4ccccc4C3)CC2)sc1C(=O)c1c(F)cccc1F. The number of fused-ring (bicyclic) bond motifs is 1. The van der Waals surface area contributed by atoms with Crippen LogP contribution < -0.4 is 11.1 Å². The molecule has 8 nitrogen and oxygen atoms in total. The first-order valence-corrected chi connectivity index (χ1v) is 15.4. The summed E-state index contributed by atoms with van der Waals surface area (Å²) in [6, 6.07) is 11.5. The summed E-state index contributed by atoms with van der Waals surface area (Å²) in [5, 5.41) is 3.56. The van der Waals surface area contributed by atoms with Crippen LogP contribution in [0.25, 0.3) is 0 Å². The number of nitrogens with two attached hydrogens (primary N) is 1. The van der Waals surface area contributed by atoms with Crippen molar-refractivity contribution < 1.29 is 22.0 Å². The lowest BCUT2D eigenvalue weighted by atomic mass is 10.00. The molecule has 39 heavy (non-hydrogen) atoms. The Hall–Kier alpha value is -2.93. The van der Waals surface area contributed by atoms with Gasteiger partial charge in [0.15, 0.2) is 5.13 Å². The molecule has 1 aromatic heterocycles. The van der Waals surface area contributed by atoms with Gasteiger partial charge in [-0.25, -0.2) is 26.5 Å². The lowest BCUT2D eigenvalue weighted by Gasteiger charge is -2.32. The maximum absolute atomic E-state index is 14.1. The van der Waals surface area contributed by atoms with E-state index >= 15 is 0 Å². The molecule has 3 aromatic rings. The van der Waals surface area contributed by atoms with Crippen molar-refractivity contribution in [3.63, 3.8) is 0 Å². The summed E-state index contributed by atoms with van der Waals surface area (Å²) >= 11 is 0.934. The highest BCUT2D eigenvalue weighted by Crippen LogP contribution is 2.31. The van der Waals surface area contributed by atoms with Crippen molar-refractivity contribution in [3.05, 3.63) is 75.7 Å². The van der Waals surface area contributed by atoms with Gasteiger partial charge in [-0.2, -0.15) is 0 Å². The standard InChI is InChI=1S/C27H31F2N5O3S2/c28-21-7-3-8-22(29)23(21)24(35)25-26(30)32-27(38-25)31-20-10-14-34(15-11-20)39(36,37)16-4-12-33-13-9-18-5-1-2-6-19(18)17-33/h1-3,5-8,20H,4,9-17,30H2,(H,31,32). The van der Waals surface area contributed by atoms with E-state index in [9.17, 15) is 22.0 Å². The van der Waals surface area contributed by atoms with Crippen molar-refractivity contribution in [2.24, 2.45) is 0 Å². The number of anilines is 2. The maximum Gasteiger partial charge on any atom is 0.214 e. The zero-order valence-corrected chi connectivity index (χ0v) is 23.0. The predicted molar refractivity (Wildman–Crippen MR) is 148 cm³/mol. The summed E-state index contributed by atoms with van der Waals surface area (Å²) < 4.78 is 55.6. The summed E-state index contributed by atoms with van der Waals surface area (Å²) in [5.74, 6) is -2.77. The van der Waals surface area contributed by atoms with Crippen molar-refractivity contribution in [1.82, 2.24) is 14.2 Å². The predicted octanol–water partition coefficient (Wildman–Crippen LogP) is 3.89. The van der Waals surface area contributed by atoms with Crippen molar-refractivity contribution in [2.75, 3.05) is 43.0 Å². The molecule has 0 unspecified atom stereocenters. The first kappa shape index (κ1) is 27.6. The van der Waals surface area contributed by atoms with Crippen LogP contribution in [0.2, 0.25) is 0 Å². The van der Waals surface area contributed by atoms with Gasteiger partial charge in [0.2, 0.25) is 15.8 Å². The first-order valence-electron chi connectivity index (χ1n) is 13.0. The summed E-state index contributed by atoms with van der Waals surface area (Å²) in [5.41, 5.74) is 7.92. The van der Waals surface area contributed by atoms with E-state index in [0.717, 1.165) is 49.5 Å². The van der Waals surface area contributed by atoms with E-state index in [2.05, 4.69) is 33.4 Å². The second-order valence-corrected chi connectivity index (χ2v) is 13.0. The van der Waals surface area contributed by atoms with E-state index in [0.29, 0.717) is 37.5 Å². The van der Waals surface area contributed by atoms with E-state index in [-0.39, 0.29) is 22.5 Å². The number of nitrogens with one attached hydrogen (secondary N) is 1. The number of sulfonamides is 1. The largest absolute Gasteiger partial charge is 0.382 e. The first-order chi connectivity index (χ1) is 18.7. The molecule has 2 aliphatic heterocycles. The number of carbonyl (C=O) groups excluding carboxylic acids is 1. The van der Waals surface area contributed by atoms with E-state index < -0.39 is 33.0 Å². The summed E-state index contributed by atoms with van der Waals surface area (Å²) in [6.07, 6.45) is 2.70. The number of hydrogen-bond donors (Lipinski definition) is 2. The third kappa shape index (κ3) is 6.29. The Balaban J connectivity index is 1.10. The second kappa shape index (κ2) is 11.7. The van der Waals surface area contributed by atoms with Gasteiger partial charge >= 0.3 is 0 Å². The molecule has 1 saturated heterocycles. The molecule has 3 heterocycles. The van der Waals surface area contributed by atoms with E-state index in [1.807, 2.05) is 6.07 Å². The average molecular weight is 576 g/mol. The Morgan fingerprint density at radius 1 is 1.05 bits per heavy atom. The number of piperidine rings is 1. The minimum atomic E-state index is -3.36. The number of carbonyl (C=O) groups is 1. The van der Waals surface area contributed by atoms with Crippen molar-refractivity contribution in [1.29, 1.82) is 0 Å². The van der Waals surface area contributed by atoms with Crippen LogP contribution in [0.5, 0.6) is 0 Å². The average Bonchev–Trinajstić information content (AvgIpc) is 3.28. The third-order valence-electron chi connectivity index (χ3n) is 7.31. The number of ketones is 1. The van der Waals surface area contributed by atoms with Crippen LogP contribution in [0.1, 0.15) is 45.6 Å². The minimum Gasteiger partial charge on any atom is -0.382 e. The highest BCUT2D eigenvalue weighted by molar-refractivity contribution is 7.89. The number of nitrogen functional groups attached to an aromatic ring is 1. The van der Waals surface area contributed by atoms with Crippen LogP contribution in [0.4, 0.5) is 19.7 Å². The Kier molecular flexibility index (Phi) is 8.27. The summed E-state index contributed by atoms with van der Waals surface area (Å²) in [6.45, 7) is 3.30. The Morgan fingerprint density at radius 2 is 1.74 bits per heavy atom. The van der Waals surface area contributed by atoms with Crippen LogP contribution in [0, 0.1) is 11.6 Å². The molecule has 2 aromatic carbocycles. The van der Waals surface area contributed by atoms with E-state index in [1.165, 1.54) is 17.2 Å². The van der Waals surface area contributed by atoms with Crippen LogP contribution in [-0.4, -0.2) is 66.4 Å². The van der Waals surface area contributed by atoms with Gasteiger partial charge in [0.25, 0.3) is 0 Å². The number of rotatable bonds is 9. The molecule has 5 rings (SSSR count). The van der Waals surface area contributed by atoms with Gasteiger partial charge in [0, 0.05) is 32.2 Å². The highest BCUT2D eigenvalue weighted by Gasteiger charge is 2.29. The topological polar surface area (TPSA) is 109 Å². The molecule has 0 bridgehead atoms. The van der Waals surface area contributed by atoms with Gasteiger partial charge in [-0.05, 0) is 55.5 Å². The number of aromatic nitrogens is 1. The molecule has 0 radical (unpaired) electrons. The molecular formula is C27H31F2N5O3S2. The number of benzene rings is 2. The fourth-order valence-electron chi connectivity index (χ4n) is 5.18. The lowest BCUT2D eigenvalue weighted by Crippen LogP contribution is -2.43. The van der Waals surface area contributed by atoms with Crippen molar-refractivity contribution >= 4 is 38.1 Å². The third-order valence-corrected chi connectivity index (χ3v) is 10.3. The maximum atomic E-state index is 14.1. The van der Waals surface area contributed by atoms with E-state index in [1.54, 1.807) is 4.31 Å². The van der Waals surface area contributed by atoms with Gasteiger partial charge in [0.05, 0.1) is 11.3 Å². The van der Waals surface area contributed by atoms with E-state index in [4.69, 9.17) is 5.73 Å². The van der Waals surface area contributed by atoms with Crippen molar-refractivity contribution in [3.8, 4) is 0 Å². The number of hydrogen-bond acceptors (Lipinski definition) is 8. The van der Waals surface area contributed by atoms with Crippen LogP contribution >= 0.6 is 11.3 Å². The molecule has 0 amide bonds. The Bertz CT molecular complexity index is 1440. The molecule has 0 aliphatic carbocycles. The summed E-state index contributed by atoms with van der Waals surface area (Å²) in [7, 11) is -3.36. The molecule has 0 atom stereocenters. The summed E-state index contributed by atoms with van der Waals surface area (Å²) in [4.78, 5) is 19.1. The molecule has 0 saturated carbocycles. The quantitative estimate of drug-likeness (QED) is 0.373. The molecule has 208 valence electrons. The van der Waals surface area contributed by atoms with Gasteiger partial charge < -0.3 is 11.1 Å². The zero-order chi connectivity index (χ0) is 27.6. The van der Waals surface area contributed by atoms with Gasteiger partial charge in [-0.1, -0.05) is 41.7 Å². The van der Waals surface area contributed by atoms with Crippen LogP contribution in [-0.2, 0) is 23.0 Å². The van der Waals surface area contributed by atoms with Gasteiger partial charge in [0.1, 0.15) is 22.3 Å². The van der Waals surface area contributed by atoms with Crippen molar-refractivity contribution in [2.45, 2.75) is 38.3 Å². The van der Waals surface area contributed by atoms with Gasteiger partial charge in [-0.3, -0.25) is 9.69 Å². The zero-order valence-electron chi connectivity index (χ0n) is 21.4. The van der Waals surface area contributed by atoms with Crippen LogP contribution in [0.15, 0.2) is 42.5 Å². The molecule has 12 heteroatoms. The molecule has 0 spiro atoms. The highest BCUT2D eigenvalue weighted by atomic mass is 32.2. The van der Waals surface area contributed by atoms with Crippen LogP contribution in [0.3, 0.4) is 0 Å². The Morgan fingerprint density at radius 3 is 2.46 bits per heavy atom. The minimum absolute atomic E-state index is 0.0429. The fourth-order valence-corrected chi connectivity index (χ4v) is 7.61. The number of nitrogens with zero attached hydrogens (tertiary/aromatic N) is 3. The molecule has 2 aliphatic rings. The molecular weight excluding hydrogens is 544 g/mol. The monoisotopic (exact) mass is 575 g/mol. The fraction of sp³-hybridized carbons (Fsp3) is 0.407. The Labute approximate surface area is 230 Å². The molecule has 1 fully saturated rings. The number of thiazole rings is 1. The van der Waals surface area contributed by atoms with Gasteiger partial charge in [-0.15, -0.1) is 0 Å². The lowest BCUT2D eigenvalue weighted by molar-refractivity contribution is 0.103. The normalized spacial score (nSPS) is 17.2. The second-order valence-electron chi connectivity index (χ2n) is 9.94. The molecule has 3 N–H and O–H groups in total. The number of halogens is 2. The smallest absolute Gasteiger partial charge is 0.214 e.